The first-order valence-corrected chi connectivity index (χ1v) is 15.1. The number of benzene rings is 2. The molecule has 0 amide bonds. The van der Waals surface area contributed by atoms with Crippen molar-refractivity contribution in [2.75, 3.05) is 13.2 Å². The maximum atomic E-state index is 13.8. The number of pyridine rings is 1. The molecule has 43 heavy (non-hydrogen) atoms. The van der Waals surface area contributed by atoms with Gasteiger partial charge in [-0.3, -0.25) is 9.78 Å². The monoisotopic (exact) mass is 649 g/mol. The number of hydrogen-bond acceptors (Lipinski definition) is 8. The molecule has 0 bridgehead atoms. The van der Waals surface area contributed by atoms with E-state index in [1.807, 2.05) is 0 Å². The number of hydrogen-bond donors (Lipinski definition) is 1. The Kier molecular flexibility index (Phi) is 10.8. The van der Waals surface area contributed by atoms with E-state index < -0.39 is 45.4 Å². The minimum absolute atomic E-state index is 0. The molecule has 2 aromatic carbocycles. The first kappa shape index (κ1) is 34.7. The van der Waals surface area contributed by atoms with Gasteiger partial charge in [0.05, 0.1) is 27.0 Å². The second-order valence-electron chi connectivity index (χ2n) is 9.88. The predicted octanol–water partition coefficient (Wildman–Crippen LogP) is 4.07. The van der Waals surface area contributed by atoms with Crippen LogP contribution < -0.4 is 9.47 Å². The quantitative estimate of drug-likeness (QED) is 0.188. The van der Waals surface area contributed by atoms with Gasteiger partial charge in [0.1, 0.15) is 18.1 Å². The number of fused-ring (bicyclic) bond motifs is 1. The molecule has 1 atom stereocenters. The Morgan fingerprint density at radius 3 is 2.33 bits per heavy atom. The molecule has 4 aromatic rings. The van der Waals surface area contributed by atoms with E-state index in [-0.39, 0.29) is 85.8 Å². The van der Waals surface area contributed by atoms with E-state index in [1.165, 1.54) is 63.4 Å². The molecular weight excluding hydrogens is 622 g/mol. The number of nitrogens with zero attached hydrogens (tertiary/aromatic N) is 3. The van der Waals surface area contributed by atoms with Crippen molar-refractivity contribution < 1.29 is 45.5 Å². The topological polar surface area (TPSA) is 144 Å². The van der Waals surface area contributed by atoms with E-state index in [4.69, 9.17) is 9.47 Å². The van der Waals surface area contributed by atoms with Crippen LogP contribution in [0, 0.1) is 12.3 Å². The summed E-state index contributed by atoms with van der Waals surface area (Å²) >= 11 is -2.11. The van der Waals surface area contributed by atoms with Gasteiger partial charge in [0.25, 0.3) is 10.0 Å². The molecule has 0 saturated carbocycles. The summed E-state index contributed by atoms with van der Waals surface area (Å²) in [6, 6.07) is 12.8. The third-order valence-electron chi connectivity index (χ3n) is 6.15. The molecule has 0 radical (unpaired) electrons. The van der Waals surface area contributed by atoms with E-state index in [1.54, 1.807) is 18.2 Å². The van der Waals surface area contributed by atoms with Gasteiger partial charge >= 0.3 is 46.9 Å². The summed E-state index contributed by atoms with van der Waals surface area (Å²) in [5.41, 5.74) is -0.378. The van der Waals surface area contributed by atoms with E-state index in [0.717, 1.165) is 3.97 Å². The van der Waals surface area contributed by atoms with Crippen molar-refractivity contribution in [3.8, 4) is 11.5 Å². The maximum absolute atomic E-state index is 13.8. The molecule has 0 aliphatic rings. The zero-order valence-corrected chi connectivity index (χ0v) is 24.2. The summed E-state index contributed by atoms with van der Waals surface area (Å²) in [4.78, 5) is 19.6. The van der Waals surface area contributed by atoms with E-state index in [9.17, 15) is 36.0 Å². The summed E-state index contributed by atoms with van der Waals surface area (Å²) < 4.78 is 90.4. The first-order chi connectivity index (χ1) is 19.6. The van der Waals surface area contributed by atoms with E-state index in [0.29, 0.717) is 0 Å². The van der Waals surface area contributed by atoms with Crippen LogP contribution in [0.15, 0.2) is 70.8 Å². The number of carboxylic acids is 1. The molecule has 4 rings (SSSR count). The zero-order chi connectivity index (χ0) is 30.9. The Hall–Kier alpha value is -2.82. The molecule has 0 spiro atoms. The van der Waals surface area contributed by atoms with Crippen LogP contribution in [-0.4, -0.2) is 86.9 Å². The molecule has 0 aliphatic carbocycles. The number of para-hydroxylation sites is 2. The molecule has 1 unspecified atom stereocenters. The van der Waals surface area contributed by atoms with Crippen molar-refractivity contribution in [1.29, 1.82) is 0 Å². The molecule has 2 aromatic heterocycles. The second-order valence-corrected chi connectivity index (χ2v) is 13.0. The fraction of sp³-hybridized carbons (Fsp3) is 0.296. The fourth-order valence-electron chi connectivity index (χ4n) is 3.71. The Morgan fingerprint density at radius 2 is 1.70 bits per heavy atom. The number of ether oxygens (including phenoxy) is 2. The number of halogens is 3. The van der Waals surface area contributed by atoms with Crippen LogP contribution in [0.4, 0.5) is 13.2 Å². The Morgan fingerprint density at radius 1 is 1.05 bits per heavy atom. The molecule has 0 aliphatic heterocycles. The van der Waals surface area contributed by atoms with Crippen LogP contribution in [-0.2, 0) is 31.7 Å². The average Bonchev–Trinajstić information content (AvgIpc) is 3.33. The van der Waals surface area contributed by atoms with Gasteiger partial charge in [-0.2, -0.15) is 22.1 Å². The number of alkyl halides is 3. The number of aromatic nitrogens is 3. The first-order valence-electron chi connectivity index (χ1n) is 12.3. The van der Waals surface area contributed by atoms with Crippen LogP contribution in [0.2, 0.25) is 0 Å². The molecule has 226 valence electrons. The molecule has 0 saturated heterocycles. The van der Waals surface area contributed by atoms with Crippen molar-refractivity contribution in [1.82, 2.24) is 13.9 Å². The summed E-state index contributed by atoms with van der Waals surface area (Å²) in [7, 11) is -4.37. The molecular formula is C27H27F3N3NaO7S2. The van der Waals surface area contributed by atoms with Crippen molar-refractivity contribution in [2.24, 2.45) is 5.41 Å². The van der Waals surface area contributed by atoms with Gasteiger partial charge in [0.2, 0.25) is 0 Å². The number of aliphatic carboxylic acids is 1. The molecule has 0 fully saturated rings. The van der Waals surface area contributed by atoms with Crippen LogP contribution in [0.5, 0.6) is 11.5 Å². The van der Waals surface area contributed by atoms with Gasteiger partial charge < -0.3 is 19.1 Å². The Bertz CT molecular complexity index is 1710. The van der Waals surface area contributed by atoms with Crippen molar-refractivity contribution >= 4 is 67.8 Å². The predicted molar refractivity (Wildman–Crippen MR) is 153 cm³/mol. The molecule has 1 N–H and O–H groups in total. The summed E-state index contributed by atoms with van der Waals surface area (Å²) in [5.74, 6) is -1.25. The van der Waals surface area contributed by atoms with E-state index >= 15 is 0 Å². The van der Waals surface area contributed by atoms with Gasteiger partial charge in [-0.1, -0.05) is 12.1 Å². The van der Waals surface area contributed by atoms with Crippen LogP contribution in [0.3, 0.4) is 0 Å². The number of imidazole rings is 1. The molecule has 2 heterocycles. The Labute approximate surface area is 270 Å². The number of carbonyl (C=O) groups is 1. The van der Waals surface area contributed by atoms with Gasteiger partial charge in [0, 0.05) is 22.9 Å². The third-order valence-corrected chi connectivity index (χ3v) is 9.20. The van der Waals surface area contributed by atoms with Crippen LogP contribution in [0.25, 0.3) is 11.0 Å². The van der Waals surface area contributed by atoms with E-state index in [2.05, 4.69) is 9.97 Å². The van der Waals surface area contributed by atoms with Crippen molar-refractivity contribution in [3.05, 3.63) is 72.1 Å². The van der Waals surface area contributed by atoms with Crippen LogP contribution >= 0.6 is 0 Å². The molecule has 16 heteroatoms. The number of rotatable bonds is 11. The summed E-state index contributed by atoms with van der Waals surface area (Å²) in [5, 5.41) is 8.96. The zero-order valence-electron chi connectivity index (χ0n) is 22.6. The SMILES string of the molecule is Cc1c(OCC(F)(F)F)ccnc1C[S+]([O-])c1nc2ccccc2n1S(=O)(=O)c1ccc(OCC(C)(C)C(=O)O)cc1.[NaH]. The Balaban J connectivity index is 0.00000506. The van der Waals surface area contributed by atoms with Gasteiger partial charge in [-0.25, -0.2) is 8.42 Å². The molecule has 10 nitrogen and oxygen atoms in total. The third kappa shape index (κ3) is 8.02. The number of carboxylic acid groups (broad SMARTS) is 1. The van der Waals surface area contributed by atoms with Gasteiger partial charge in [0.15, 0.2) is 12.4 Å². The van der Waals surface area contributed by atoms with Crippen molar-refractivity contribution in [2.45, 2.75) is 42.8 Å². The average molecular weight is 650 g/mol. The van der Waals surface area contributed by atoms with Gasteiger partial charge in [-0.05, 0) is 63.2 Å². The second kappa shape index (κ2) is 13.4. The minimum atomic E-state index is -4.56. The fourth-order valence-corrected chi connectivity index (χ4v) is 6.75. The van der Waals surface area contributed by atoms with Crippen LogP contribution in [0.1, 0.15) is 25.1 Å². The normalized spacial score (nSPS) is 12.9. The standard InChI is InChI=1S/C27H26F3N3O7S2.Na.H/c1-17-21(31-13-12-23(17)40-16-27(28,29)30)14-41(36)25-32-20-6-4-5-7-22(20)33(25)42(37,38)19-10-8-18(9-11-19)39-15-26(2,3)24(34)35;;/h4-13H,14-16H2,1-3H3,(H,34,35);;. The summed E-state index contributed by atoms with van der Waals surface area (Å²) in [6.07, 6.45) is -3.34. The summed E-state index contributed by atoms with van der Waals surface area (Å²) in [6.45, 7) is 2.77. The van der Waals surface area contributed by atoms with Gasteiger partial charge in [-0.15, -0.1) is 0 Å². The van der Waals surface area contributed by atoms with Crippen molar-refractivity contribution in [3.63, 3.8) is 0 Å².